The zero-order chi connectivity index (χ0) is 15.9. The lowest BCUT2D eigenvalue weighted by molar-refractivity contribution is -0.123. The van der Waals surface area contributed by atoms with E-state index in [-0.39, 0.29) is 18.6 Å². The van der Waals surface area contributed by atoms with Crippen molar-refractivity contribution in [1.29, 1.82) is 0 Å². The van der Waals surface area contributed by atoms with Crippen molar-refractivity contribution in [1.82, 2.24) is 5.32 Å². The molecule has 0 aliphatic carbocycles. The van der Waals surface area contributed by atoms with Gasteiger partial charge in [-0.3, -0.25) is 9.59 Å². The largest absolute Gasteiger partial charge is 0.484 e. The fourth-order valence-corrected chi connectivity index (χ4v) is 2.23. The third-order valence-corrected chi connectivity index (χ3v) is 3.42. The van der Waals surface area contributed by atoms with E-state index in [1.54, 1.807) is 24.3 Å². The summed E-state index contributed by atoms with van der Waals surface area (Å²) in [7, 11) is 0. The second-order valence-corrected chi connectivity index (χ2v) is 5.12. The molecule has 0 aromatic heterocycles. The van der Waals surface area contributed by atoms with Crippen LogP contribution < -0.4 is 10.1 Å². The van der Waals surface area contributed by atoms with Crippen LogP contribution in [0.5, 0.6) is 5.75 Å². The van der Waals surface area contributed by atoms with Gasteiger partial charge in [-0.2, -0.15) is 0 Å². The highest BCUT2D eigenvalue weighted by molar-refractivity contribution is 5.78. The normalized spacial score (nSPS) is 11.5. The minimum atomic E-state index is -0.185. The quantitative estimate of drug-likeness (QED) is 0.834. The molecule has 2 aromatic carbocycles. The monoisotopic (exact) mass is 297 g/mol. The summed E-state index contributed by atoms with van der Waals surface area (Å²) < 4.78 is 5.41. The van der Waals surface area contributed by atoms with Crippen molar-refractivity contribution in [3.63, 3.8) is 0 Å². The fourth-order valence-electron chi connectivity index (χ4n) is 2.23. The van der Waals surface area contributed by atoms with Gasteiger partial charge in [-0.25, -0.2) is 0 Å². The van der Waals surface area contributed by atoms with E-state index >= 15 is 0 Å². The number of aldehydes is 1. The lowest BCUT2D eigenvalue weighted by Crippen LogP contribution is -2.31. The first-order chi connectivity index (χ1) is 10.6. The van der Waals surface area contributed by atoms with E-state index in [2.05, 4.69) is 5.32 Å². The molecule has 0 aliphatic heterocycles. The summed E-state index contributed by atoms with van der Waals surface area (Å²) in [6, 6.07) is 14.5. The Bertz CT molecular complexity index is 650. The van der Waals surface area contributed by atoms with Crippen LogP contribution in [0.15, 0.2) is 48.5 Å². The molecular formula is C18H19NO3. The number of ether oxygens (including phenoxy) is 1. The summed E-state index contributed by atoms with van der Waals surface area (Å²) in [6.45, 7) is 3.90. The Kier molecular flexibility index (Phi) is 5.31. The van der Waals surface area contributed by atoms with Gasteiger partial charge in [-0.15, -0.1) is 0 Å². The third-order valence-electron chi connectivity index (χ3n) is 3.42. The van der Waals surface area contributed by atoms with Gasteiger partial charge in [0.2, 0.25) is 0 Å². The number of amides is 1. The molecule has 0 saturated carbocycles. The number of benzene rings is 2. The Hall–Kier alpha value is -2.62. The maximum Gasteiger partial charge on any atom is 0.258 e. The summed E-state index contributed by atoms with van der Waals surface area (Å²) in [6.07, 6.45) is 0.764. The van der Waals surface area contributed by atoms with Crippen molar-refractivity contribution < 1.29 is 14.3 Å². The van der Waals surface area contributed by atoms with Crippen LogP contribution in [0.25, 0.3) is 0 Å². The average molecular weight is 297 g/mol. The van der Waals surface area contributed by atoms with Crippen molar-refractivity contribution in [3.8, 4) is 5.75 Å². The van der Waals surface area contributed by atoms with E-state index in [0.717, 1.165) is 17.4 Å². The molecule has 22 heavy (non-hydrogen) atoms. The smallest absolute Gasteiger partial charge is 0.258 e. The first-order valence-corrected chi connectivity index (χ1v) is 7.13. The first kappa shape index (κ1) is 15.8. The summed E-state index contributed by atoms with van der Waals surface area (Å²) in [5.74, 6) is 0.375. The molecule has 0 spiro atoms. The van der Waals surface area contributed by atoms with Gasteiger partial charge in [0.15, 0.2) is 6.61 Å². The topological polar surface area (TPSA) is 55.4 Å². The molecule has 1 N–H and O–H groups in total. The van der Waals surface area contributed by atoms with Crippen molar-refractivity contribution in [3.05, 3.63) is 65.2 Å². The van der Waals surface area contributed by atoms with Crippen LogP contribution in [0.3, 0.4) is 0 Å². The molecule has 2 rings (SSSR count). The van der Waals surface area contributed by atoms with Gasteiger partial charge in [0, 0.05) is 5.56 Å². The summed E-state index contributed by atoms with van der Waals surface area (Å²) in [4.78, 5) is 22.5. The Labute approximate surface area is 130 Å². The van der Waals surface area contributed by atoms with Gasteiger partial charge in [0.05, 0.1) is 6.04 Å². The second kappa shape index (κ2) is 7.41. The van der Waals surface area contributed by atoms with Gasteiger partial charge in [-0.1, -0.05) is 24.3 Å². The SMILES string of the molecule is Cc1ccccc1C(C)NC(=O)COc1ccc(C=O)cc1. The number of carbonyl (C=O) groups is 2. The molecule has 2 aromatic rings. The molecule has 0 heterocycles. The second-order valence-electron chi connectivity index (χ2n) is 5.12. The van der Waals surface area contributed by atoms with E-state index in [1.165, 1.54) is 0 Å². The van der Waals surface area contributed by atoms with E-state index in [0.29, 0.717) is 11.3 Å². The maximum atomic E-state index is 11.9. The maximum absolute atomic E-state index is 11.9. The zero-order valence-electron chi connectivity index (χ0n) is 12.7. The van der Waals surface area contributed by atoms with E-state index in [1.807, 2.05) is 38.1 Å². The number of carbonyl (C=O) groups excluding carboxylic acids is 2. The molecule has 0 bridgehead atoms. The number of nitrogens with one attached hydrogen (secondary N) is 1. The van der Waals surface area contributed by atoms with Crippen molar-refractivity contribution in [2.75, 3.05) is 6.61 Å². The highest BCUT2D eigenvalue weighted by Crippen LogP contribution is 2.16. The van der Waals surface area contributed by atoms with Gasteiger partial charge < -0.3 is 10.1 Å². The molecule has 1 amide bonds. The molecule has 0 aliphatic rings. The van der Waals surface area contributed by atoms with E-state index in [9.17, 15) is 9.59 Å². The van der Waals surface area contributed by atoms with Crippen molar-refractivity contribution in [2.45, 2.75) is 19.9 Å². The highest BCUT2D eigenvalue weighted by Gasteiger charge is 2.11. The van der Waals surface area contributed by atoms with Crippen LogP contribution in [0.2, 0.25) is 0 Å². The summed E-state index contributed by atoms with van der Waals surface area (Å²) >= 11 is 0. The first-order valence-electron chi connectivity index (χ1n) is 7.13. The Morgan fingerprint density at radius 1 is 1.18 bits per heavy atom. The summed E-state index contributed by atoms with van der Waals surface area (Å²) in [5, 5.41) is 2.91. The van der Waals surface area contributed by atoms with Gasteiger partial charge in [0.25, 0.3) is 5.91 Å². The van der Waals surface area contributed by atoms with Crippen LogP contribution in [-0.2, 0) is 4.79 Å². The predicted molar refractivity (Wildman–Crippen MR) is 85.1 cm³/mol. The average Bonchev–Trinajstić information content (AvgIpc) is 2.53. The Morgan fingerprint density at radius 2 is 1.86 bits per heavy atom. The molecule has 1 atom stereocenters. The highest BCUT2D eigenvalue weighted by atomic mass is 16.5. The molecule has 4 nitrogen and oxygen atoms in total. The zero-order valence-corrected chi connectivity index (χ0v) is 12.7. The number of hydrogen-bond donors (Lipinski definition) is 1. The summed E-state index contributed by atoms with van der Waals surface area (Å²) in [5.41, 5.74) is 2.80. The van der Waals surface area contributed by atoms with Crippen LogP contribution in [0.1, 0.15) is 34.5 Å². The van der Waals surface area contributed by atoms with Gasteiger partial charge >= 0.3 is 0 Å². The number of aryl methyl sites for hydroxylation is 1. The van der Waals surface area contributed by atoms with Gasteiger partial charge in [0.1, 0.15) is 12.0 Å². The van der Waals surface area contributed by atoms with Crippen molar-refractivity contribution in [2.24, 2.45) is 0 Å². The molecule has 4 heteroatoms. The van der Waals surface area contributed by atoms with Crippen LogP contribution >= 0.6 is 0 Å². The van der Waals surface area contributed by atoms with Crippen molar-refractivity contribution >= 4 is 12.2 Å². The fraction of sp³-hybridized carbons (Fsp3) is 0.222. The molecular weight excluding hydrogens is 278 g/mol. The number of hydrogen-bond acceptors (Lipinski definition) is 3. The number of rotatable bonds is 6. The molecule has 0 fully saturated rings. The van der Waals surface area contributed by atoms with Crippen LogP contribution in [0, 0.1) is 6.92 Å². The lowest BCUT2D eigenvalue weighted by Gasteiger charge is -2.16. The standard InChI is InChI=1S/C18H19NO3/c1-13-5-3-4-6-17(13)14(2)19-18(21)12-22-16-9-7-15(11-20)8-10-16/h3-11,14H,12H2,1-2H3,(H,19,21). The molecule has 114 valence electrons. The van der Waals surface area contributed by atoms with Gasteiger partial charge in [-0.05, 0) is 49.2 Å². The van der Waals surface area contributed by atoms with Crippen LogP contribution in [-0.4, -0.2) is 18.8 Å². The minimum Gasteiger partial charge on any atom is -0.484 e. The molecule has 1 unspecified atom stereocenters. The molecule has 0 saturated heterocycles. The Morgan fingerprint density at radius 3 is 2.50 bits per heavy atom. The lowest BCUT2D eigenvalue weighted by atomic mass is 10.0. The predicted octanol–water partition coefficient (Wildman–Crippen LogP) is 3.06. The molecule has 0 radical (unpaired) electrons. The Balaban J connectivity index is 1.87. The van der Waals surface area contributed by atoms with Crippen LogP contribution in [0.4, 0.5) is 0 Å². The minimum absolute atomic E-state index is 0.0589. The third kappa shape index (κ3) is 4.19. The van der Waals surface area contributed by atoms with E-state index in [4.69, 9.17) is 4.74 Å². The van der Waals surface area contributed by atoms with E-state index < -0.39 is 0 Å².